The second-order valence-electron chi connectivity index (χ2n) is 6.54. The van der Waals surface area contributed by atoms with E-state index < -0.39 is 0 Å². The van der Waals surface area contributed by atoms with Gasteiger partial charge in [-0.1, -0.05) is 15.9 Å². The summed E-state index contributed by atoms with van der Waals surface area (Å²) in [4.78, 5) is 14.8. The minimum atomic E-state index is 0. The molecule has 1 amide bonds. The molecule has 136 valence electrons. The van der Waals surface area contributed by atoms with Crippen LogP contribution in [0.5, 0.6) is 0 Å². The standard InChI is InChI=1S/C18H23BrN4O.ClH/c1-12(20)14-4-3-9-22(11-14)18(24)17-10-21-23(13(17)2)16-7-5-15(19)6-8-16;/h5-8,10,12,14H,3-4,9,11,20H2,1-2H3;1H. The van der Waals surface area contributed by atoms with E-state index in [1.807, 2.05) is 47.7 Å². The monoisotopic (exact) mass is 426 g/mol. The van der Waals surface area contributed by atoms with Gasteiger partial charge in [0.05, 0.1) is 23.1 Å². The number of benzene rings is 1. The lowest BCUT2D eigenvalue weighted by atomic mass is 9.92. The van der Waals surface area contributed by atoms with Gasteiger partial charge in [0, 0.05) is 23.6 Å². The molecule has 1 aliphatic rings. The molecule has 1 fully saturated rings. The Balaban J connectivity index is 0.00000225. The third-order valence-corrected chi connectivity index (χ3v) is 5.33. The maximum Gasteiger partial charge on any atom is 0.257 e. The van der Waals surface area contributed by atoms with Crippen LogP contribution in [0.1, 0.15) is 35.8 Å². The number of piperidine rings is 1. The molecular formula is C18H24BrClN4O. The van der Waals surface area contributed by atoms with Crippen molar-refractivity contribution < 1.29 is 4.79 Å². The molecule has 1 aromatic carbocycles. The maximum atomic E-state index is 12.9. The molecule has 25 heavy (non-hydrogen) atoms. The van der Waals surface area contributed by atoms with Crippen LogP contribution in [0.3, 0.4) is 0 Å². The topological polar surface area (TPSA) is 64.2 Å². The van der Waals surface area contributed by atoms with Crippen molar-refractivity contribution in [2.75, 3.05) is 13.1 Å². The molecule has 2 atom stereocenters. The van der Waals surface area contributed by atoms with Gasteiger partial charge in [0.15, 0.2) is 0 Å². The number of halogens is 2. The Bertz CT molecular complexity index is 729. The fourth-order valence-corrected chi connectivity index (χ4v) is 3.52. The van der Waals surface area contributed by atoms with E-state index in [0.717, 1.165) is 41.8 Å². The predicted molar refractivity (Wildman–Crippen MR) is 106 cm³/mol. The summed E-state index contributed by atoms with van der Waals surface area (Å²) in [5.41, 5.74) is 8.51. The third-order valence-electron chi connectivity index (χ3n) is 4.80. The maximum absolute atomic E-state index is 12.9. The number of carbonyl (C=O) groups is 1. The second-order valence-corrected chi connectivity index (χ2v) is 7.46. The minimum Gasteiger partial charge on any atom is -0.338 e. The molecule has 1 saturated heterocycles. The summed E-state index contributed by atoms with van der Waals surface area (Å²) < 4.78 is 2.83. The van der Waals surface area contributed by atoms with Crippen molar-refractivity contribution in [3.63, 3.8) is 0 Å². The number of nitrogens with zero attached hydrogens (tertiary/aromatic N) is 3. The molecule has 2 heterocycles. The number of aromatic nitrogens is 2. The van der Waals surface area contributed by atoms with Crippen molar-refractivity contribution in [1.82, 2.24) is 14.7 Å². The van der Waals surface area contributed by atoms with Crippen molar-refractivity contribution in [2.45, 2.75) is 32.7 Å². The van der Waals surface area contributed by atoms with Gasteiger partial charge >= 0.3 is 0 Å². The van der Waals surface area contributed by atoms with E-state index in [1.165, 1.54) is 0 Å². The number of amides is 1. The summed E-state index contributed by atoms with van der Waals surface area (Å²) in [7, 11) is 0. The van der Waals surface area contributed by atoms with E-state index in [-0.39, 0.29) is 24.4 Å². The Morgan fingerprint density at radius 1 is 1.36 bits per heavy atom. The SMILES string of the molecule is Cc1c(C(=O)N2CCCC(C(C)N)C2)cnn1-c1ccc(Br)cc1.Cl. The van der Waals surface area contributed by atoms with Crippen LogP contribution in [-0.4, -0.2) is 39.7 Å². The van der Waals surface area contributed by atoms with Gasteiger partial charge in [0.25, 0.3) is 5.91 Å². The van der Waals surface area contributed by atoms with Crippen LogP contribution in [0.4, 0.5) is 0 Å². The molecule has 1 aliphatic heterocycles. The molecule has 5 nitrogen and oxygen atoms in total. The van der Waals surface area contributed by atoms with Crippen molar-refractivity contribution in [3.05, 3.63) is 46.2 Å². The van der Waals surface area contributed by atoms with Crippen LogP contribution in [0.15, 0.2) is 34.9 Å². The zero-order valence-electron chi connectivity index (χ0n) is 14.5. The summed E-state index contributed by atoms with van der Waals surface area (Å²) in [5, 5.41) is 4.41. The molecule has 3 rings (SSSR count). The molecule has 0 bridgehead atoms. The second kappa shape index (κ2) is 8.34. The number of carbonyl (C=O) groups excluding carboxylic acids is 1. The highest BCUT2D eigenvalue weighted by molar-refractivity contribution is 9.10. The summed E-state index contributed by atoms with van der Waals surface area (Å²) >= 11 is 3.43. The molecule has 2 unspecified atom stereocenters. The molecule has 0 radical (unpaired) electrons. The van der Waals surface area contributed by atoms with Gasteiger partial charge in [-0.3, -0.25) is 4.79 Å². The number of hydrogen-bond acceptors (Lipinski definition) is 3. The average molecular weight is 428 g/mol. The van der Waals surface area contributed by atoms with Gasteiger partial charge < -0.3 is 10.6 Å². The van der Waals surface area contributed by atoms with Gasteiger partial charge in [-0.05, 0) is 56.9 Å². The highest BCUT2D eigenvalue weighted by atomic mass is 79.9. The third kappa shape index (κ3) is 4.25. The van der Waals surface area contributed by atoms with E-state index in [1.54, 1.807) is 6.20 Å². The van der Waals surface area contributed by atoms with E-state index >= 15 is 0 Å². The number of nitrogens with two attached hydrogens (primary N) is 1. The fourth-order valence-electron chi connectivity index (χ4n) is 3.26. The highest BCUT2D eigenvalue weighted by Crippen LogP contribution is 2.23. The van der Waals surface area contributed by atoms with Gasteiger partial charge in [-0.2, -0.15) is 5.10 Å². The highest BCUT2D eigenvalue weighted by Gasteiger charge is 2.28. The Kier molecular flexibility index (Phi) is 6.65. The van der Waals surface area contributed by atoms with Crippen LogP contribution in [0.2, 0.25) is 0 Å². The summed E-state index contributed by atoms with van der Waals surface area (Å²) in [6.07, 6.45) is 3.78. The van der Waals surface area contributed by atoms with Gasteiger partial charge in [-0.15, -0.1) is 12.4 Å². The lowest BCUT2D eigenvalue weighted by molar-refractivity contribution is 0.0660. The van der Waals surface area contributed by atoms with Crippen LogP contribution in [-0.2, 0) is 0 Å². The van der Waals surface area contributed by atoms with Crippen LogP contribution >= 0.6 is 28.3 Å². The number of hydrogen-bond donors (Lipinski definition) is 1. The first-order valence-electron chi connectivity index (χ1n) is 8.33. The van der Waals surface area contributed by atoms with Crippen LogP contribution in [0, 0.1) is 12.8 Å². The number of likely N-dealkylation sites (tertiary alicyclic amines) is 1. The van der Waals surface area contributed by atoms with Crippen LogP contribution < -0.4 is 5.73 Å². The lowest BCUT2D eigenvalue weighted by Gasteiger charge is -2.34. The van der Waals surface area contributed by atoms with E-state index in [4.69, 9.17) is 5.73 Å². The zero-order chi connectivity index (χ0) is 17.3. The van der Waals surface area contributed by atoms with Crippen molar-refractivity contribution in [1.29, 1.82) is 0 Å². The quantitative estimate of drug-likeness (QED) is 0.814. The van der Waals surface area contributed by atoms with Gasteiger partial charge in [-0.25, -0.2) is 4.68 Å². The molecule has 0 aliphatic carbocycles. The molecule has 0 saturated carbocycles. The molecule has 2 aromatic rings. The van der Waals surface area contributed by atoms with Crippen molar-refractivity contribution >= 4 is 34.2 Å². The Morgan fingerprint density at radius 3 is 2.68 bits per heavy atom. The molecule has 2 N–H and O–H groups in total. The Hall–Kier alpha value is -1.37. The predicted octanol–water partition coefficient (Wildman–Crippen LogP) is 3.56. The number of rotatable bonds is 3. The average Bonchev–Trinajstić information content (AvgIpc) is 2.96. The Labute approximate surface area is 163 Å². The molecule has 7 heteroatoms. The van der Waals surface area contributed by atoms with E-state index in [0.29, 0.717) is 11.5 Å². The summed E-state index contributed by atoms with van der Waals surface area (Å²) in [6, 6.07) is 8.01. The van der Waals surface area contributed by atoms with Gasteiger partial charge in [0.2, 0.25) is 0 Å². The summed E-state index contributed by atoms with van der Waals surface area (Å²) in [5.74, 6) is 0.436. The van der Waals surface area contributed by atoms with Crippen molar-refractivity contribution in [2.24, 2.45) is 11.7 Å². The van der Waals surface area contributed by atoms with Gasteiger partial charge in [0.1, 0.15) is 0 Å². The first kappa shape index (κ1) is 19.9. The summed E-state index contributed by atoms with van der Waals surface area (Å²) in [6.45, 7) is 5.50. The van der Waals surface area contributed by atoms with Crippen LogP contribution in [0.25, 0.3) is 5.69 Å². The van der Waals surface area contributed by atoms with Crippen molar-refractivity contribution in [3.8, 4) is 5.69 Å². The first-order valence-corrected chi connectivity index (χ1v) is 9.12. The normalized spacial score (nSPS) is 18.6. The first-order chi connectivity index (χ1) is 11.5. The molecular weight excluding hydrogens is 404 g/mol. The van der Waals surface area contributed by atoms with E-state index in [9.17, 15) is 4.79 Å². The molecule has 0 spiro atoms. The Morgan fingerprint density at radius 2 is 2.04 bits per heavy atom. The van der Waals surface area contributed by atoms with E-state index in [2.05, 4.69) is 21.0 Å². The minimum absolute atomic E-state index is 0. The smallest absolute Gasteiger partial charge is 0.257 e. The molecule has 1 aromatic heterocycles. The zero-order valence-corrected chi connectivity index (χ0v) is 16.9. The fraction of sp³-hybridized carbons (Fsp3) is 0.444. The lowest BCUT2D eigenvalue weighted by Crippen LogP contribution is -2.45. The largest absolute Gasteiger partial charge is 0.338 e.